The number of halogens is 1. The SMILES string of the molecule is Cn1cc(I)c2nccnc21. The van der Waals surface area contributed by atoms with Crippen molar-refractivity contribution in [2.45, 2.75) is 0 Å². The van der Waals surface area contributed by atoms with Crippen LogP contribution in [0.5, 0.6) is 0 Å². The molecule has 0 fully saturated rings. The lowest BCUT2D eigenvalue weighted by Gasteiger charge is -1.90. The van der Waals surface area contributed by atoms with Crippen LogP contribution in [0.3, 0.4) is 0 Å². The summed E-state index contributed by atoms with van der Waals surface area (Å²) >= 11 is 2.26. The third kappa shape index (κ3) is 1.01. The van der Waals surface area contributed by atoms with Gasteiger partial charge in [0.25, 0.3) is 0 Å². The number of aromatic nitrogens is 3. The normalized spacial score (nSPS) is 10.7. The molecule has 0 amide bonds. The second-order valence-corrected chi connectivity index (χ2v) is 3.48. The van der Waals surface area contributed by atoms with Gasteiger partial charge in [-0.3, -0.25) is 4.98 Å². The molecule has 2 rings (SSSR count). The summed E-state index contributed by atoms with van der Waals surface area (Å²) in [6, 6.07) is 0. The summed E-state index contributed by atoms with van der Waals surface area (Å²) in [6.07, 6.45) is 5.44. The predicted molar refractivity (Wildman–Crippen MR) is 51.2 cm³/mol. The molecule has 0 bridgehead atoms. The molecule has 0 aliphatic heterocycles. The van der Waals surface area contributed by atoms with Crippen LogP contribution in [-0.4, -0.2) is 14.5 Å². The highest BCUT2D eigenvalue weighted by molar-refractivity contribution is 14.1. The number of hydrogen-bond donors (Lipinski definition) is 0. The van der Waals surface area contributed by atoms with Crippen LogP contribution in [0.15, 0.2) is 18.6 Å². The van der Waals surface area contributed by atoms with Crippen LogP contribution in [-0.2, 0) is 7.05 Å². The predicted octanol–water partition coefficient (Wildman–Crippen LogP) is 1.57. The Hall–Kier alpha value is -0.650. The van der Waals surface area contributed by atoms with Crippen molar-refractivity contribution in [1.29, 1.82) is 0 Å². The lowest BCUT2D eigenvalue weighted by molar-refractivity contribution is 0.944. The Morgan fingerprint density at radius 1 is 1.36 bits per heavy atom. The summed E-state index contributed by atoms with van der Waals surface area (Å²) in [6.45, 7) is 0. The van der Waals surface area contributed by atoms with E-state index in [0.717, 1.165) is 14.7 Å². The Morgan fingerprint density at radius 2 is 2.09 bits per heavy atom. The molecule has 2 aromatic heterocycles. The first-order chi connectivity index (χ1) is 5.29. The quantitative estimate of drug-likeness (QED) is 0.672. The van der Waals surface area contributed by atoms with E-state index in [1.165, 1.54) is 0 Å². The largest absolute Gasteiger partial charge is 0.333 e. The number of rotatable bonds is 0. The molecule has 11 heavy (non-hydrogen) atoms. The molecule has 0 aliphatic carbocycles. The Morgan fingerprint density at radius 3 is 2.82 bits per heavy atom. The average Bonchev–Trinajstić information content (AvgIpc) is 2.30. The van der Waals surface area contributed by atoms with E-state index in [9.17, 15) is 0 Å². The number of aryl methyl sites for hydroxylation is 1. The smallest absolute Gasteiger partial charge is 0.159 e. The molecule has 0 unspecified atom stereocenters. The Balaban J connectivity index is 2.95. The summed E-state index contributed by atoms with van der Waals surface area (Å²) in [5.74, 6) is 0. The molecule has 0 aliphatic rings. The van der Waals surface area contributed by atoms with Gasteiger partial charge in [-0.05, 0) is 22.6 Å². The number of nitrogens with zero attached hydrogens (tertiary/aromatic N) is 3. The molecule has 3 nitrogen and oxygen atoms in total. The van der Waals surface area contributed by atoms with Crippen molar-refractivity contribution in [1.82, 2.24) is 14.5 Å². The standard InChI is InChI=1S/C7H6IN3/c1-11-4-5(8)6-7(11)10-3-2-9-6/h2-4H,1H3. The third-order valence-electron chi connectivity index (χ3n) is 1.55. The van der Waals surface area contributed by atoms with E-state index in [4.69, 9.17) is 0 Å². The molecule has 4 heteroatoms. The minimum atomic E-state index is 0.942. The van der Waals surface area contributed by atoms with Crippen LogP contribution in [0.4, 0.5) is 0 Å². The van der Waals surface area contributed by atoms with Crippen LogP contribution in [0.2, 0.25) is 0 Å². The fourth-order valence-corrected chi connectivity index (χ4v) is 1.85. The first-order valence-corrected chi connectivity index (χ1v) is 4.28. The maximum Gasteiger partial charge on any atom is 0.159 e. The van der Waals surface area contributed by atoms with Crippen LogP contribution in [0, 0.1) is 3.57 Å². The van der Waals surface area contributed by atoms with Gasteiger partial charge in [0, 0.05) is 25.6 Å². The first kappa shape index (κ1) is 7.02. The molecule has 0 spiro atoms. The van der Waals surface area contributed by atoms with Crippen LogP contribution in [0.1, 0.15) is 0 Å². The van der Waals surface area contributed by atoms with Gasteiger partial charge < -0.3 is 4.57 Å². The zero-order valence-electron chi connectivity index (χ0n) is 5.95. The number of fused-ring (bicyclic) bond motifs is 1. The maximum atomic E-state index is 4.21. The van der Waals surface area contributed by atoms with E-state index in [1.807, 2.05) is 17.8 Å². The van der Waals surface area contributed by atoms with Gasteiger partial charge in [0.05, 0.1) is 3.57 Å². The Labute approximate surface area is 77.6 Å². The summed E-state index contributed by atoms with van der Waals surface area (Å²) in [4.78, 5) is 8.41. The van der Waals surface area contributed by atoms with Crippen molar-refractivity contribution in [2.24, 2.45) is 7.05 Å². The van der Waals surface area contributed by atoms with Crippen molar-refractivity contribution in [3.05, 3.63) is 22.2 Å². The molecule has 0 N–H and O–H groups in total. The number of hydrogen-bond acceptors (Lipinski definition) is 2. The molecule has 2 heterocycles. The van der Waals surface area contributed by atoms with Gasteiger partial charge in [-0.1, -0.05) is 0 Å². The average molecular weight is 259 g/mol. The molecular formula is C7H6IN3. The molecule has 0 saturated carbocycles. The second kappa shape index (κ2) is 2.44. The molecule has 2 aromatic rings. The molecule has 0 radical (unpaired) electrons. The monoisotopic (exact) mass is 259 g/mol. The molecular weight excluding hydrogens is 253 g/mol. The summed E-state index contributed by atoms with van der Waals surface area (Å²) in [5, 5.41) is 0. The van der Waals surface area contributed by atoms with Crippen LogP contribution in [0.25, 0.3) is 11.2 Å². The lowest BCUT2D eigenvalue weighted by Crippen LogP contribution is -1.87. The van der Waals surface area contributed by atoms with E-state index in [2.05, 4.69) is 32.6 Å². The fourth-order valence-electron chi connectivity index (χ4n) is 1.05. The third-order valence-corrected chi connectivity index (χ3v) is 2.34. The Kier molecular flexibility index (Phi) is 1.56. The molecule has 56 valence electrons. The second-order valence-electron chi connectivity index (χ2n) is 2.32. The zero-order valence-corrected chi connectivity index (χ0v) is 8.11. The van der Waals surface area contributed by atoms with E-state index in [1.54, 1.807) is 12.4 Å². The van der Waals surface area contributed by atoms with Gasteiger partial charge in [-0.25, -0.2) is 4.98 Å². The molecule has 0 atom stereocenters. The molecule has 0 aromatic carbocycles. The van der Waals surface area contributed by atoms with Gasteiger partial charge in [0.2, 0.25) is 0 Å². The van der Waals surface area contributed by atoms with Crippen molar-refractivity contribution in [3.8, 4) is 0 Å². The van der Waals surface area contributed by atoms with Gasteiger partial charge in [-0.15, -0.1) is 0 Å². The fraction of sp³-hybridized carbons (Fsp3) is 0.143. The topological polar surface area (TPSA) is 30.7 Å². The van der Waals surface area contributed by atoms with E-state index in [0.29, 0.717) is 0 Å². The Bertz CT molecular complexity index is 357. The minimum Gasteiger partial charge on any atom is -0.333 e. The summed E-state index contributed by atoms with van der Waals surface area (Å²) in [5.41, 5.74) is 1.92. The highest BCUT2D eigenvalue weighted by atomic mass is 127. The van der Waals surface area contributed by atoms with Crippen LogP contribution >= 0.6 is 22.6 Å². The zero-order chi connectivity index (χ0) is 7.84. The highest BCUT2D eigenvalue weighted by Gasteiger charge is 2.03. The van der Waals surface area contributed by atoms with Crippen molar-refractivity contribution >= 4 is 33.8 Å². The maximum absolute atomic E-state index is 4.21. The lowest BCUT2D eigenvalue weighted by atomic mass is 10.5. The van der Waals surface area contributed by atoms with Crippen molar-refractivity contribution in [2.75, 3.05) is 0 Å². The van der Waals surface area contributed by atoms with Crippen molar-refractivity contribution < 1.29 is 0 Å². The van der Waals surface area contributed by atoms with E-state index >= 15 is 0 Å². The van der Waals surface area contributed by atoms with Gasteiger partial charge in [-0.2, -0.15) is 0 Å². The van der Waals surface area contributed by atoms with Crippen LogP contribution < -0.4 is 0 Å². The summed E-state index contributed by atoms with van der Waals surface area (Å²) in [7, 11) is 1.97. The summed E-state index contributed by atoms with van der Waals surface area (Å²) < 4.78 is 3.12. The van der Waals surface area contributed by atoms with Gasteiger partial charge >= 0.3 is 0 Å². The minimum absolute atomic E-state index is 0.942. The van der Waals surface area contributed by atoms with Gasteiger partial charge in [0.1, 0.15) is 5.52 Å². The highest BCUT2D eigenvalue weighted by Crippen LogP contribution is 2.16. The first-order valence-electron chi connectivity index (χ1n) is 3.20. The van der Waals surface area contributed by atoms with Crippen molar-refractivity contribution in [3.63, 3.8) is 0 Å². The van der Waals surface area contributed by atoms with E-state index < -0.39 is 0 Å². The molecule has 0 saturated heterocycles. The van der Waals surface area contributed by atoms with Gasteiger partial charge in [0.15, 0.2) is 5.65 Å². The van der Waals surface area contributed by atoms with E-state index in [-0.39, 0.29) is 0 Å².